The minimum atomic E-state index is -0.421. The summed E-state index contributed by atoms with van der Waals surface area (Å²) < 4.78 is 22.0. The van der Waals surface area contributed by atoms with Gasteiger partial charge in [0.25, 0.3) is 0 Å². The number of nitrogens with zero attached hydrogens (tertiary/aromatic N) is 1. The van der Waals surface area contributed by atoms with Crippen molar-refractivity contribution < 1.29 is 23.4 Å². The minimum Gasteiger partial charge on any atom is -0.491 e. The maximum absolute atomic E-state index is 12.2. The Labute approximate surface area is 163 Å². The first-order valence-corrected chi connectivity index (χ1v) is 9.29. The lowest BCUT2D eigenvalue weighted by atomic mass is 10.2. The third kappa shape index (κ3) is 4.58. The highest BCUT2D eigenvalue weighted by Gasteiger charge is 2.16. The van der Waals surface area contributed by atoms with E-state index in [1.54, 1.807) is 24.3 Å². The van der Waals surface area contributed by atoms with Crippen molar-refractivity contribution in [2.75, 3.05) is 13.2 Å². The summed E-state index contributed by atoms with van der Waals surface area (Å²) in [7, 11) is 0. The van der Waals surface area contributed by atoms with Gasteiger partial charge in [0.15, 0.2) is 0 Å². The molecule has 2 heterocycles. The quantitative estimate of drug-likeness (QED) is 0.572. The molecule has 0 radical (unpaired) electrons. The molecular formula is C22H21NO5. The van der Waals surface area contributed by atoms with E-state index in [1.165, 1.54) is 6.26 Å². The monoisotopic (exact) mass is 379 g/mol. The summed E-state index contributed by atoms with van der Waals surface area (Å²) in [5, 5.41) is 0. The first kappa shape index (κ1) is 18.3. The molecule has 6 nitrogen and oxygen atoms in total. The van der Waals surface area contributed by atoms with E-state index in [0.29, 0.717) is 29.5 Å². The lowest BCUT2D eigenvalue weighted by molar-refractivity contribution is 0.0467. The normalized spacial score (nSPS) is 16.1. The zero-order chi connectivity index (χ0) is 19.2. The molecule has 2 aromatic carbocycles. The van der Waals surface area contributed by atoms with Crippen molar-refractivity contribution in [3.63, 3.8) is 0 Å². The molecule has 0 spiro atoms. The van der Waals surface area contributed by atoms with E-state index in [0.717, 1.165) is 25.0 Å². The van der Waals surface area contributed by atoms with Crippen molar-refractivity contribution in [2.45, 2.75) is 25.6 Å². The molecule has 0 aliphatic carbocycles. The average molecular weight is 379 g/mol. The zero-order valence-electron chi connectivity index (χ0n) is 15.4. The van der Waals surface area contributed by atoms with Gasteiger partial charge < -0.3 is 18.6 Å². The Kier molecular flexibility index (Phi) is 5.68. The van der Waals surface area contributed by atoms with Gasteiger partial charge in [0.05, 0.1) is 11.7 Å². The Hall–Kier alpha value is -3.12. The average Bonchev–Trinajstić information content (AvgIpc) is 3.44. The summed E-state index contributed by atoms with van der Waals surface area (Å²) in [5.41, 5.74) is 1.89. The van der Waals surface area contributed by atoms with E-state index in [1.807, 2.05) is 30.3 Å². The van der Waals surface area contributed by atoms with E-state index in [9.17, 15) is 4.79 Å². The standard InChI is InChI=1S/C22H21NO5/c24-22(17-8-10-19(11-9-17)26-15-20-7-4-12-25-20)28-14-18-13-27-21(23-18)16-5-2-1-3-6-16/h1-3,5-6,8-11,13,20H,4,7,12,14-15H2. The van der Waals surface area contributed by atoms with Crippen LogP contribution in [0, 0.1) is 0 Å². The van der Waals surface area contributed by atoms with Gasteiger partial charge in [0.1, 0.15) is 30.9 Å². The molecule has 0 saturated carbocycles. The van der Waals surface area contributed by atoms with Crippen LogP contribution in [0.1, 0.15) is 28.9 Å². The van der Waals surface area contributed by atoms with Crippen LogP contribution in [0.5, 0.6) is 5.75 Å². The number of benzene rings is 2. The first-order chi connectivity index (χ1) is 13.8. The minimum absolute atomic E-state index is 0.0481. The van der Waals surface area contributed by atoms with E-state index < -0.39 is 5.97 Å². The zero-order valence-corrected chi connectivity index (χ0v) is 15.4. The van der Waals surface area contributed by atoms with Gasteiger partial charge in [-0.3, -0.25) is 0 Å². The molecule has 1 unspecified atom stereocenters. The second-order valence-corrected chi connectivity index (χ2v) is 6.56. The maximum atomic E-state index is 12.2. The Morgan fingerprint density at radius 1 is 1.11 bits per heavy atom. The van der Waals surface area contributed by atoms with Crippen LogP contribution in [-0.4, -0.2) is 30.3 Å². The molecule has 6 heteroatoms. The Bertz CT molecular complexity index is 898. The molecule has 144 valence electrons. The number of oxazole rings is 1. The maximum Gasteiger partial charge on any atom is 0.338 e. The van der Waals surface area contributed by atoms with Gasteiger partial charge in [0, 0.05) is 12.2 Å². The predicted molar refractivity (Wildman–Crippen MR) is 102 cm³/mol. The molecule has 1 aliphatic rings. The smallest absolute Gasteiger partial charge is 0.338 e. The van der Waals surface area contributed by atoms with Crippen LogP contribution in [0.3, 0.4) is 0 Å². The number of rotatable bonds is 7. The summed E-state index contributed by atoms with van der Waals surface area (Å²) in [5.74, 6) is 0.783. The van der Waals surface area contributed by atoms with Crippen molar-refractivity contribution in [3.8, 4) is 17.2 Å². The van der Waals surface area contributed by atoms with E-state index in [2.05, 4.69) is 4.98 Å². The Morgan fingerprint density at radius 2 is 1.93 bits per heavy atom. The number of carbonyl (C=O) groups is 1. The summed E-state index contributed by atoms with van der Waals surface area (Å²) in [6, 6.07) is 16.4. The highest BCUT2D eigenvalue weighted by atomic mass is 16.5. The fraction of sp³-hybridized carbons (Fsp3) is 0.273. The summed E-state index contributed by atoms with van der Waals surface area (Å²) in [4.78, 5) is 16.6. The number of hydrogen-bond acceptors (Lipinski definition) is 6. The van der Waals surface area contributed by atoms with Gasteiger partial charge in [-0.15, -0.1) is 0 Å². The van der Waals surface area contributed by atoms with Crippen LogP contribution in [0.2, 0.25) is 0 Å². The van der Waals surface area contributed by atoms with Crippen molar-refractivity contribution >= 4 is 5.97 Å². The molecule has 3 aromatic rings. The highest BCUT2D eigenvalue weighted by Crippen LogP contribution is 2.19. The van der Waals surface area contributed by atoms with Gasteiger partial charge in [-0.05, 0) is 49.2 Å². The number of aromatic nitrogens is 1. The number of hydrogen-bond donors (Lipinski definition) is 0. The SMILES string of the molecule is O=C(OCc1coc(-c2ccccc2)n1)c1ccc(OCC2CCCO2)cc1. The first-order valence-electron chi connectivity index (χ1n) is 9.29. The molecule has 0 amide bonds. The van der Waals surface area contributed by atoms with Gasteiger partial charge in [-0.25, -0.2) is 9.78 Å². The van der Waals surface area contributed by atoms with Crippen molar-refractivity contribution in [3.05, 3.63) is 72.1 Å². The van der Waals surface area contributed by atoms with E-state index in [-0.39, 0.29) is 12.7 Å². The Balaban J connectivity index is 1.28. The highest BCUT2D eigenvalue weighted by molar-refractivity contribution is 5.89. The lowest BCUT2D eigenvalue weighted by Crippen LogP contribution is -2.16. The molecule has 1 aromatic heterocycles. The lowest BCUT2D eigenvalue weighted by Gasteiger charge is -2.11. The Morgan fingerprint density at radius 3 is 2.68 bits per heavy atom. The number of ether oxygens (including phenoxy) is 3. The van der Waals surface area contributed by atoms with Crippen molar-refractivity contribution in [2.24, 2.45) is 0 Å². The van der Waals surface area contributed by atoms with Gasteiger partial charge in [-0.2, -0.15) is 0 Å². The van der Waals surface area contributed by atoms with Crippen LogP contribution in [0.25, 0.3) is 11.5 Å². The molecule has 1 aliphatic heterocycles. The molecule has 0 N–H and O–H groups in total. The van der Waals surface area contributed by atoms with Crippen LogP contribution >= 0.6 is 0 Å². The molecule has 4 rings (SSSR count). The molecule has 1 atom stereocenters. The topological polar surface area (TPSA) is 70.8 Å². The van der Waals surface area contributed by atoms with E-state index in [4.69, 9.17) is 18.6 Å². The van der Waals surface area contributed by atoms with Crippen molar-refractivity contribution in [1.82, 2.24) is 4.98 Å². The van der Waals surface area contributed by atoms with Gasteiger partial charge in [0.2, 0.25) is 5.89 Å². The number of carbonyl (C=O) groups excluding carboxylic acids is 1. The fourth-order valence-electron chi connectivity index (χ4n) is 2.96. The second kappa shape index (κ2) is 8.71. The van der Waals surface area contributed by atoms with E-state index >= 15 is 0 Å². The number of esters is 1. The van der Waals surface area contributed by atoms with Gasteiger partial charge in [-0.1, -0.05) is 18.2 Å². The molecule has 1 fully saturated rings. The molecular weight excluding hydrogens is 358 g/mol. The van der Waals surface area contributed by atoms with Crippen LogP contribution in [-0.2, 0) is 16.1 Å². The third-order valence-electron chi connectivity index (χ3n) is 4.47. The van der Waals surface area contributed by atoms with Crippen molar-refractivity contribution in [1.29, 1.82) is 0 Å². The summed E-state index contributed by atoms with van der Waals surface area (Å²) in [6.45, 7) is 1.38. The van der Waals surface area contributed by atoms with Crippen LogP contribution < -0.4 is 4.74 Å². The van der Waals surface area contributed by atoms with Crippen LogP contribution in [0.4, 0.5) is 0 Å². The summed E-state index contributed by atoms with van der Waals surface area (Å²) >= 11 is 0. The third-order valence-corrected chi connectivity index (χ3v) is 4.47. The molecule has 28 heavy (non-hydrogen) atoms. The second-order valence-electron chi connectivity index (χ2n) is 6.56. The van der Waals surface area contributed by atoms with Crippen LogP contribution in [0.15, 0.2) is 65.3 Å². The molecule has 1 saturated heterocycles. The summed E-state index contributed by atoms with van der Waals surface area (Å²) in [6.07, 6.45) is 3.76. The predicted octanol–water partition coefficient (Wildman–Crippen LogP) is 4.26. The fourth-order valence-corrected chi connectivity index (χ4v) is 2.96. The largest absolute Gasteiger partial charge is 0.491 e. The van der Waals surface area contributed by atoms with Gasteiger partial charge >= 0.3 is 5.97 Å². The molecule has 0 bridgehead atoms.